The second-order valence-electron chi connectivity index (χ2n) is 5.09. The summed E-state index contributed by atoms with van der Waals surface area (Å²) in [6.07, 6.45) is 1.52. The lowest BCUT2D eigenvalue weighted by Crippen LogP contribution is -2.40. The van der Waals surface area contributed by atoms with E-state index < -0.39 is 12.0 Å². The fraction of sp³-hybridized carbons (Fsp3) is 0.500. The summed E-state index contributed by atoms with van der Waals surface area (Å²) < 4.78 is 0. The minimum atomic E-state index is -0.966. The van der Waals surface area contributed by atoms with Crippen molar-refractivity contribution in [1.29, 1.82) is 0 Å². The van der Waals surface area contributed by atoms with Crippen molar-refractivity contribution in [3.05, 3.63) is 29.3 Å². The molecule has 1 atom stereocenters. The van der Waals surface area contributed by atoms with Crippen LogP contribution in [0.25, 0.3) is 0 Å². The Morgan fingerprint density at radius 1 is 1.29 bits per heavy atom. The molecule has 21 heavy (non-hydrogen) atoms. The molecule has 0 saturated carbocycles. The van der Waals surface area contributed by atoms with Crippen molar-refractivity contribution in [2.45, 2.75) is 51.0 Å². The van der Waals surface area contributed by atoms with Crippen molar-refractivity contribution in [1.82, 2.24) is 5.32 Å². The molecule has 0 spiro atoms. The van der Waals surface area contributed by atoms with Crippen LogP contribution in [0.2, 0.25) is 0 Å². The maximum atomic E-state index is 11.8. The molecule has 2 N–H and O–H groups in total. The largest absolute Gasteiger partial charge is 0.480 e. The number of carboxylic acids is 1. The van der Waals surface area contributed by atoms with Crippen LogP contribution in [0, 0.1) is 13.8 Å². The van der Waals surface area contributed by atoms with Crippen LogP contribution in [-0.2, 0) is 9.59 Å². The van der Waals surface area contributed by atoms with Crippen LogP contribution >= 0.6 is 11.8 Å². The Bertz CT molecular complexity index is 502. The predicted octanol–water partition coefficient (Wildman–Crippen LogP) is 3.16. The SMILES string of the molecule is CCCC(NC(=O)CCSc1ccc(C)c(C)c1)C(=O)O. The normalized spacial score (nSPS) is 12.0. The zero-order valence-corrected chi connectivity index (χ0v) is 13.6. The van der Waals surface area contributed by atoms with E-state index in [9.17, 15) is 9.59 Å². The summed E-state index contributed by atoms with van der Waals surface area (Å²) in [5.41, 5.74) is 2.49. The summed E-state index contributed by atoms with van der Waals surface area (Å²) in [6.45, 7) is 6.03. The Balaban J connectivity index is 2.39. The van der Waals surface area contributed by atoms with Crippen LogP contribution < -0.4 is 5.32 Å². The molecule has 1 rings (SSSR count). The van der Waals surface area contributed by atoms with Gasteiger partial charge in [0.05, 0.1) is 0 Å². The number of aliphatic carboxylic acids is 1. The van der Waals surface area contributed by atoms with Crippen LogP contribution in [-0.4, -0.2) is 28.8 Å². The first-order valence-electron chi connectivity index (χ1n) is 7.16. The van der Waals surface area contributed by atoms with E-state index in [1.54, 1.807) is 11.8 Å². The van der Waals surface area contributed by atoms with Crippen LogP contribution in [0.1, 0.15) is 37.3 Å². The molecule has 0 aromatic heterocycles. The number of hydrogen-bond donors (Lipinski definition) is 2. The van der Waals surface area contributed by atoms with Gasteiger partial charge in [0.15, 0.2) is 0 Å². The number of amides is 1. The topological polar surface area (TPSA) is 66.4 Å². The zero-order chi connectivity index (χ0) is 15.8. The lowest BCUT2D eigenvalue weighted by atomic mass is 10.1. The number of benzene rings is 1. The minimum Gasteiger partial charge on any atom is -0.480 e. The molecule has 0 fully saturated rings. The second kappa shape index (κ2) is 8.72. The van der Waals surface area contributed by atoms with Crippen molar-refractivity contribution in [3.8, 4) is 0 Å². The van der Waals surface area contributed by atoms with Gasteiger partial charge in [-0.3, -0.25) is 4.79 Å². The number of hydrogen-bond acceptors (Lipinski definition) is 3. The first kappa shape index (κ1) is 17.6. The van der Waals surface area contributed by atoms with Gasteiger partial charge in [0.1, 0.15) is 6.04 Å². The summed E-state index contributed by atoms with van der Waals surface area (Å²) in [6, 6.07) is 5.45. The summed E-state index contributed by atoms with van der Waals surface area (Å²) in [4.78, 5) is 23.9. The second-order valence-corrected chi connectivity index (χ2v) is 6.26. The standard InChI is InChI=1S/C16H23NO3S/c1-4-5-14(16(19)20)17-15(18)8-9-21-13-7-6-11(2)12(3)10-13/h6-7,10,14H,4-5,8-9H2,1-3H3,(H,17,18)(H,19,20). The number of rotatable bonds is 8. The molecule has 0 radical (unpaired) electrons. The van der Waals surface area contributed by atoms with Crippen molar-refractivity contribution < 1.29 is 14.7 Å². The first-order valence-corrected chi connectivity index (χ1v) is 8.14. The molecule has 0 bridgehead atoms. The first-order chi connectivity index (χ1) is 9.93. The van der Waals surface area contributed by atoms with Crippen LogP contribution in [0.4, 0.5) is 0 Å². The molecule has 116 valence electrons. The lowest BCUT2D eigenvalue weighted by molar-refractivity contribution is -0.142. The third-order valence-electron chi connectivity index (χ3n) is 3.29. The third kappa shape index (κ3) is 6.21. The van der Waals surface area contributed by atoms with Gasteiger partial charge in [-0.05, 0) is 43.5 Å². The number of aryl methyl sites for hydroxylation is 2. The summed E-state index contributed by atoms with van der Waals surface area (Å²) in [5.74, 6) is -0.522. The van der Waals surface area contributed by atoms with E-state index in [1.807, 2.05) is 13.0 Å². The molecule has 0 aliphatic rings. The highest BCUT2D eigenvalue weighted by Crippen LogP contribution is 2.21. The average molecular weight is 309 g/mol. The maximum Gasteiger partial charge on any atom is 0.326 e. The van der Waals surface area contributed by atoms with Gasteiger partial charge in [-0.2, -0.15) is 0 Å². The fourth-order valence-corrected chi connectivity index (χ4v) is 2.83. The fourth-order valence-electron chi connectivity index (χ4n) is 1.88. The highest BCUT2D eigenvalue weighted by molar-refractivity contribution is 7.99. The van der Waals surface area contributed by atoms with Crippen molar-refractivity contribution in [2.75, 3.05) is 5.75 Å². The van der Waals surface area contributed by atoms with E-state index in [0.717, 1.165) is 11.3 Å². The minimum absolute atomic E-state index is 0.202. The van der Waals surface area contributed by atoms with Crippen LogP contribution in [0.3, 0.4) is 0 Å². The van der Waals surface area contributed by atoms with E-state index >= 15 is 0 Å². The van der Waals surface area contributed by atoms with E-state index in [4.69, 9.17) is 5.11 Å². The Labute approximate surface area is 130 Å². The highest BCUT2D eigenvalue weighted by Gasteiger charge is 2.18. The van der Waals surface area contributed by atoms with E-state index in [-0.39, 0.29) is 5.91 Å². The molecular weight excluding hydrogens is 286 g/mol. The van der Waals surface area contributed by atoms with Crippen molar-refractivity contribution in [2.24, 2.45) is 0 Å². The lowest BCUT2D eigenvalue weighted by Gasteiger charge is -2.13. The number of carbonyl (C=O) groups excluding carboxylic acids is 1. The number of thioether (sulfide) groups is 1. The molecule has 0 aliphatic heterocycles. The Morgan fingerprint density at radius 3 is 2.57 bits per heavy atom. The molecule has 0 saturated heterocycles. The molecule has 1 unspecified atom stereocenters. The van der Waals surface area contributed by atoms with Gasteiger partial charge >= 0.3 is 5.97 Å². The van der Waals surface area contributed by atoms with Gasteiger partial charge in [-0.1, -0.05) is 19.4 Å². The number of carboxylic acid groups (broad SMARTS) is 1. The van der Waals surface area contributed by atoms with Crippen molar-refractivity contribution >= 4 is 23.6 Å². The Kier molecular flexibility index (Phi) is 7.29. The molecule has 5 heteroatoms. The third-order valence-corrected chi connectivity index (χ3v) is 4.28. The summed E-state index contributed by atoms with van der Waals surface area (Å²) in [5, 5.41) is 11.6. The molecule has 0 aliphatic carbocycles. The van der Waals surface area contributed by atoms with Crippen LogP contribution in [0.5, 0.6) is 0 Å². The summed E-state index contributed by atoms with van der Waals surface area (Å²) in [7, 11) is 0. The van der Waals surface area contributed by atoms with Crippen molar-refractivity contribution in [3.63, 3.8) is 0 Å². The molecule has 1 aromatic rings. The van der Waals surface area contributed by atoms with Gasteiger partial charge < -0.3 is 10.4 Å². The molecule has 1 aromatic carbocycles. The molecular formula is C16H23NO3S. The number of nitrogens with one attached hydrogen (secondary N) is 1. The molecule has 0 heterocycles. The van der Waals surface area contributed by atoms with Gasteiger partial charge in [0.25, 0.3) is 0 Å². The molecule has 1 amide bonds. The van der Waals surface area contributed by atoms with Gasteiger partial charge in [0, 0.05) is 17.1 Å². The van der Waals surface area contributed by atoms with E-state index in [0.29, 0.717) is 18.6 Å². The Morgan fingerprint density at radius 2 is 2.00 bits per heavy atom. The molecule has 4 nitrogen and oxygen atoms in total. The van der Waals surface area contributed by atoms with E-state index in [1.165, 1.54) is 11.1 Å². The summed E-state index contributed by atoms with van der Waals surface area (Å²) >= 11 is 1.61. The van der Waals surface area contributed by atoms with E-state index in [2.05, 4.69) is 31.3 Å². The van der Waals surface area contributed by atoms with Gasteiger partial charge in [-0.25, -0.2) is 4.79 Å². The van der Waals surface area contributed by atoms with Gasteiger partial charge in [-0.15, -0.1) is 11.8 Å². The smallest absolute Gasteiger partial charge is 0.326 e. The average Bonchev–Trinajstić information content (AvgIpc) is 2.42. The monoisotopic (exact) mass is 309 g/mol. The predicted molar refractivity (Wildman–Crippen MR) is 85.7 cm³/mol. The number of carbonyl (C=O) groups is 2. The maximum absolute atomic E-state index is 11.8. The van der Waals surface area contributed by atoms with Crippen LogP contribution in [0.15, 0.2) is 23.1 Å². The Hall–Kier alpha value is -1.49. The highest BCUT2D eigenvalue weighted by atomic mass is 32.2. The quantitative estimate of drug-likeness (QED) is 0.724. The zero-order valence-electron chi connectivity index (χ0n) is 12.8. The van der Waals surface area contributed by atoms with Gasteiger partial charge in [0.2, 0.25) is 5.91 Å².